The second-order valence-corrected chi connectivity index (χ2v) is 7.13. The van der Waals surface area contributed by atoms with Gasteiger partial charge in [0.25, 0.3) is 0 Å². The first kappa shape index (κ1) is 14.9. The third-order valence-corrected chi connectivity index (χ3v) is 4.60. The van der Waals surface area contributed by atoms with Gasteiger partial charge in [0.05, 0.1) is 6.54 Å². The van der Waals surface area contributed by atoms with Crippen molar-refractivity contribution in [3.8, 4) is 0 Å². The molecule has 0 bridgehead atoms. The Bertz CT molecular complexity index is 522. The monoisotopic (exact) mass is 290 g/mol. The molecule has 18 heavy (non-hydrogen) atoms. The maximum atomic E-state index is 11.1. The van der Waals surface area contributed by atoms with Crippen molar-refractivity contribution in [1.29, 1.82) is 0 Å². The minimum Gasteiger partial charge on any atom is -0.349 e. The lowest BCUT2D eigenvalue weighted by Gasteiger charge is -2.22. The molecule has 0 fully saturated rings. The molecule has 0 saturated heterocycles. The normalized spacial score (nSPS) is 11.2. The molecule has 102 valence electrons. The molecule has 0 saturated carbocycles. The van der Waals surface area contributed by atoms with E-state index in [0.717, 1.165) is 22.2 Å². The molecule has 0 spiro atoms. The van der Waals surface area contributed by atoms with E-state index in [9.17, 15) is 8.42 Å². The van der Waals surface area contributed by atoms with Crippen molar-refractivity contribution in [2.24, 2.45) is 10.1 Å². The topological polar surface area (TPSA) is 79.0 Å². The summed E-state index contributed by atoms with van der Waals surface area (Å²) in [5.74, 6) is 0.820. The largest absolute Gasteiger partial charge is 0.349 e. The summed E-state index contributed by atoms with van der Waals surface area (Å²) in [6.07, 6.45) is 0. The van der Waals surface area contributed by atoms with E-state index in [4.69, 9.17) is 5.14 Å². The Morgan fingerprint density at radius 2 is 1.83 bits per heavy atom. The first-order chi connectivity index (χ1) is 8.21. The van der Waals surface area contributed by atoms with Crippen LogP contribution < -0.4 is 5.14 Å². The lowest BCUT2D eigenvalue weighted by atomic mass is 10.5. The van der Waals surface area contributed by atoms with E-state index in [2.05, 4.69) is 4.99 Å². The number of guanidine groups is 1. The van der Waals surface area contributed by atoms with Crippen molar-refractivity contribution in [1.82, 2.24) is 9.80 Å². The Labute approximate surface area is 112 Å². The number of nitrogens with zero attached hydrogens (tertiary/aromatic N) is 3. The summed E-state index contributed by atoms with van der Waals surface area (Å²) in [5.41, 5.74) is 0. The average molecular weight is 290 g/mol. The number of hydrogen-bond acceptors (Lipinski definition) is 4. The van der Waals surface area contributed by atoms with Gasteiger partial charge in [0, 0.05) is 33.1 Å². The third kappa shape index (κ3) is 3.97. The number of sulfonamides is 1. The molecule has 0 radical (unpaired) electrons. The summed E-state index contributed by atoms with van der Waals surface area (Å²) in [4.78, 5) is 9.09. The van der Waals surface area contributed by atoms with Crippen LogP contribution in [0.1, 0.15) is 4.88 Å². The zero-order chi connectivity index (χ0) is 13.9. The number of primary sulfonamides is 1. The number of aliphatic imine (C=N–C) groups is 1. The van der Waals surface area contributed by atoms with Crippen LogP contribution >= 0.6 is 11.3 Å². The summed E-state index contributed by atoms with van der Waals surface area (Å²) >= 11 is 1.15. The molecular formula is C10H18N4O2S2. The summed E-state index contributed by atoms with van der Waals surface area (Å²) < 4.78 is 22.4. The van der Waals surface area contributed by atoms with E-state index < -0.39 is 10.0 Å². The van der Waals surface area contributed by atoms with Crippen molar-refractivity contribution >= 4 is 27.3 Å². The first-order valence-corrected chi connectivity index (χ1v) is 7.58. The van der Waals surface area contributed by atoms with Gasteiger partial charge < -0.3 is 9.80 Å². The van der Waals surface area contributed by atoms with Gasteiger partial charge in [-0.3, -0.25) is 0 Å². The molecule has 0 aliphatic rings. The zero-order valence-electron chi connectivity index (χ0n) is 10.9. The highest BCUT2D eigenvalue weighted by molar-refractivity contribution is 7.91. The van der Waals surface area contributed by atoms with Gasteiger partial charge in [0.15, 0.2) is 5.96 Å². The van der Waals surface area contributed by atoms with Gasteiger partial charge in [0.1, 0.15) is 4.21 Å². The summed E-state index contributed by atoms with van der Waals surface area (Å²) in [7, 11) is 4.02. The fraction of sp³-hybridized carbons (Fsp3) is 0.500. The van der Waals surface area contributed by atoms with Crippen LogP contribution in [0, 0.1) is 0 Å². The second-order valence-electron chi connectivity index (χ2n) is 4.17. The van der Waals surface area contributed by atoms with E-state index in [1.807, 2.05) is 38.0 Å². The maximum absolute atomic E-state index is 11.1. The maximum Gasteiger partial charge on any atom is 0.247 e. The van der Waals surface area contributed by atoms with Gasteiger partial charge in [-0.1, -0.05) is 0 Å². The van der Waals surface area contributed by atoms with Crippen LogP contribution in [0.25, 0.3) is 0 Å². The predicted octanol–water partition coefficient (Wildman–Crippen LogP) is 0.375. The summed E-state index contributed by atoms with van der Waals surface area (Å²) in [5, 5.41) is 5.05. The Balaban J connectivity index is 2.86. The zero-order valence-corrected chi connectivity index (χ0v) is 12.5. The molecule has 8 heteroatoms. The number of rotatable bonds is 3. The smallest absolute Gasteiger partial charge is 0.247 e. The fourth-order valence-electron chi connectivity index (χ4n) is 1.43. The van der Waals surface area contributed by atoms with Gasteiger partial charge in [-0.2, -0.15) is 0 Å². The van der Waals surface area contributed by atoms with E-state index >= 15 is 0 Å². The van der Waals surface area contributed by atoms with Crippen LogP contribution in [-0.4, -0.2) is 52.4 Å². The molecule has 1 heterocycles. The molecular weight excluding hydrogens is 272 g/mol. The Kier molecular flexibility index (Phi) is 4.71. The predicted molar refractivity (Wildman–Crippen MR) is 74.2 cm³/mol. The molecule has 0 aliphatic carbocycles. The Morgan fingerprint density at radius 1 is 1.28 bits per heavy atom. The van der Waals surface area contributed by atoms with Gasteiger partial charge in [-0.25, -0.2) is 18.5 Å². The number of nitrogens with two attached hydrogens (primary N) is 1. The van der Waals surface area contributed by atoms with Crippen molar-refractivity contribution in [3.05, 3.63) is 17.0 Å². The highest BCUT2D eigenvalue weighted by Crippen LogP contribution is 2.20. The average Bonchev–Trinajstić information content (AvgIpc) is 2.64. The van der Waals surface area contributed by atoms with Crippen molar-refractivity contribution in [2.45, 2.75) is 10.8 Å². The molecule has 0 aromatic carbocycles. The van der Waals surface area contributed by atoms with Crippen LogP contribution in [-0.2, 0) is 16.6 Å². The highest BCUT2D eigenvalue weighted by atomic mass is 32.2. The number of thiophene rings is 1. The molecule has 0 aliphatic heterocycles. The molecule has 2 N–H and O–H groups in total. The molecule has 0 atom stereocenters. The van der Waals surface area contributed by atoms with Crippen molar-refractivity contribution in [3.63, 3.8) is 0 Å². The molecule has 6 nitrogen and oxygen atoms in total. The second kappa shape index (κ2) is 5.68. The number of hydrogen-bond donors (Lipinski definition) is 1. The molecule has 1 aromatic heterocycles. The van der Waals surface area contributed by atoms with Crippen LogP contribution in [0.4, 0.5) is 0 Å². The standard InChI is InChI=1S/C10H18N4O2S2/c1-13(2)10(14(3)4)12-7-8-5-6-9(17-8)18(11,15)16/h5-6H,7H2,1-4H3,(H2,11,15,16). The van der Waals surface area contributed by atoms with Crippen molar-refractivity contribution < 1.29 is 8.42 Å². The highest BCUT2D eigenvalue weighted by Gasteiger charge is 2.11. The molecule has 0 unspecified atom stereocenters. The van der Waals surface area contributed by atoms with Crippen LogP contribution in [0.3, 0.4) is 0 Å². The van der Waals surface area contributed by atoms with Crippen LogP contribution in [0.2, 0.25) is 0 Å². The lowest BCUT2D eigenvalue weighted by molar-refractivity contribution is 0.479. The first-order valence-electron chi connectivity index (χ1n) is 5.22. The van der Waals surface area contributed by atoms with Gasteiger partial charge >= 0.3 is 0 Å². The Hall–Kier alpha value is -1.12. The van der Waals surface area contributed by atoms with Gasteiger partial charge in [0.2, 0.25) is 10.0 Å². The summed E-state index contributed by atoms with van der Waals surface area (Å²) in [6.45, 7) is 0.436. The van der Waals surface area contributed by atoms with Crippen LogP contribution in [0.5, 0.6) is 0 Å². The molecule has 1 rings (SSSR count). The van der Waals surface area contributed by atoms with Gasteiger partial charge in [-0.15, -0.1) is 11.3 Å². The quantitative estimate of drug-likeness (QED) is 0.644. The minimum atomic E-state index is -3.60. The van der Waals surface area contributed by atoms with E-state index in [1.54, 1.807) is 6.07 Å². The van der Waals surface area contributed by atoms with Gasteiger partial charge in [-0.05, 0) is 12.1 Å². The van der Waals surface area contributed by atoms with E-state index in [1.165, 1.54) is 6.07 Å². The molecule has 1 aromatic rings. The SMILES string of the molecule is CN(C)C(=NCc1ccc(S(N)(=O)=O)s1)N(C)C. The Morgan fingerprint density at radius 3 is 2.22 bits per heavy atom. The van der Waals surface area contributed by atoms with Crippen LogP contribution in [0.15, 0.2) is 21.3 Å². The van der Waals surface area contributed by atoms with Crippen molar-refractivity contribution in [2.75, 3.05) is 28.2 Å². The lowest BCUT2D eigenvalue weighted by Crippen LogP contribution is -2.35. The van der Waals surface area contributed by atoms with E-state index in [-0.39, 0.29) is 4.21 Å². The summed E-state index contributed by atoms with van der Waals surface area (Å²) in [6, 6.07) is 3.24. The molecule has 0 amide bonds. The van der Waals surface area contributed by atoms with E-state index in [0.29, 0.717) is 6.54 Å². The third-order valence-electron chi connectivity index (χ3n) is 2.09. The fourth-order valence-corrected chi connectivity index (χ4v) is 3.13. The minimum absolute atomic E-state index is 0.170.